The van der Waals surface area contributed by atoms with Gasteiger partial charge in [-0.15, -0.1) is 11.6 Å². The molecule has 2 fully saturated rings. The van der Waals surface area contributed by atoms with E-state index >= 15 is 0 Å². The number of fused-ring (bicyclic) bond motifs is 5. The highest BCUT2D eigenvalue weighted by molar-refractivity contribution is 6.22. The summed E-state index contributed by atoms with van der Waals surface area (Å²) in [4.78, 5) is 41.4. The SMILES string of the molecule is O=C1CCC(N2Cc3c(ccc4c3OCC43CCN(CC4=C5C=CCCC5C(Cl)C=C4)CC3)C2=O)C(=O)N1. The largest absolute Gasteiger partial charge is 0.492 e. The predicted molar refractivity (Wildman–Crippen MR) is 143 cm³/mol. The van der Waals surface area contributed by atoms with Gasteiger partial charge in [-0.05, 0) is 62.4 Å². The number of nitrogens with zero attached hydrogens (tertiary/aromatic N) is 2. The fourth-order valence-corrected chi connectivity index (χ4v) is 7.64. The number of nitrogens with one attached hydrogen (secondary N) is 1. The number of alkyl halides is 1. The molecule has 0 bridgehead atoms. The zero-order valence-corrected chi connectivity index (χ0v) is 22.1. The van der Waals surface area contributed by atoms with E-state index in [2.05, 4.69) is 40.6 Å². The number of amides is 3. The number of likely N-dealkylation sites (tertiary alicyclic amines) is 1. The molecule has 3 amide bonds. The van der Waals surface area contributed by atoms with Crippen LogP contribution in [0.1, 0.15) is 60.0 Å². The number of hydrogen-bond donors (Lipinski definition) is 1. The average Bonchev–Trinajstić information content (AvgIpc) is 3.45. The van der Waals surface area contributed by atoms with Crippen LogP contribution in [0.2, 0.25) is 0 Å². The quantitative estimate of drug-likeness (QED) is 0.474. The molecule has 4 heterocycles. The number of ether oxygens (including phenoxy) is 1. The number of benzene rings is 1. The molecular formula is C30H32ClN3O4. The Morgan fingerprint density at radius 1 is 1.11 bits per heavy atom. The normalized spacial score (nSPS) is 29.9. The Bertz CT molecular complexity index is 1320. The molecule has 1 N–H and O–H groups in total. The van der Waals surface area contributed by atoms with E-state index in [-0.39, 0.29) is 34.9 Å². The van der Waals surface area contributed by atoms with Crippen LogP contribution in [0.3, 0.4) is 0 Å². The van der Waals surface area contributed by atoms with Gasteiger partial charge in [0.2, 0.25) is 11.8 Å². The van der Waals surface area contributed by atoms with Crippen molar-refractivity contribution in [3.63, 3.8) is 0 Å². The van der Waals surface area contributed by atoms with Gasteiger partial charge in [0.15, 0.2) is 0 Å². The van der Waals surface area contributed by atoms with E-state index in [0.29, 0.717) is 31.1 Å². The van der Waals surface area contributed by atoms with Crippen molar-refractivity contribution in [1.82, 2.24) is 15.1 Å². The third-order valence-corrected chi connectivity index (χ3v) is 9.97. The molecule has 198 valence electrons. The fourth-order valence-electron chi connectivity index (χ4n) is 7.30. The van der Waals surface area contributed by atoms with Crippen molar-refractivity contribution in [1.29, 1.82) is 0 Å². The van der Waals surface area contributed by atoms with E-state index < -0.39 is 6.04 Å². The maximum atomic E-state index is 13.2. The Kier molecular flexibility index (Phi) is 5.78. The molecule has 3 atom stereocenters. The molecule has 3 unspecified atom stereocenters. The van der Waals surface area contributed by atoms with E-state index in [4.69, 9.17) is 16.3 Å². The number of hydrogen-bond acceptors (Lipinski definition) is 5. The van der Waals surface area contributed by atoms with Crippen LogP contribution in [0.5, 0.6) is 5.75 Å². The predicted octanol–water partition coefficient (Wildman–Crippen LogP) is 3.61. The molecule has 1 aromatic carbocycles. The molecule has 0 radical (unpaired) electrons. The summed E-state index contributed by atoms with van der Waals surface area (Å²) >= 11 is 6.60. The first-order valence-corrected chi connectivity index (χ1v) is 14.3. The first-order chi connectivity index (χ1) is 18.4. The maximum absolute atomic E-state index is 13.2. The van der Waals surface area contributed by atoms with Crippen molar-refractivity contribution in [2.24, 2.45) is 5.92 Å². The molecular weight excluding hydrogens is 502 g/mol. The van der Waals surface area contributed by atoms with E-state index in [1.165, 1.54) is 16.7 Å². The molecule has 7 nitrogen and oxygen atoms in total. The molecule has 1 aromatic rings. The molecule has 7 rings (SSSR count). The van der Waals surface area contributed by atoms with Gasteiger partial charge in [0, 0.05) is 41.0 Å². The summed E-state index contributed by atoms with van der Waals surface area (Å²) in [6, 6.07) is 3.39. The van der Waals surface area contributed by atoms with Crippen molar-refractivity contribution in [3.05, 3.63) is 64.3 Å². The standard InChI is InChI=1S/C30H32ClN3O4/c31-24-8-5-18(19-3-1-2-4-20(19)24)15-33-13-11-30(12-14-33)17-38-27-22-16-34(25-9-10-26(35)32-28(25)36)29(37)21(22)6-7-23(27)30/h1,3,5-8,20,24-25H,2,4,9-17H2,(H,32,35,36). The van der Waals surface area contributed by atoms with Crippen LogP contribution < -0.4 is 10.1 Å². The van der Waals surface area contributed by atoms with Crippen LogP contribution in [0.25, 0.3) is 0 Å². The number of rotatable bonds is 3. The van der Waals surface area contributed by atoms with Gasteiger partial charge in [-0.25, -0.2) is 0 Å². The molecule has 38 heavy (non-hydrogen) atoms. The Morgan fingerprint density at radius 3 is 2.76 bits per heavy atom. The fraction of sp³-hybridized carbons (Fsp3) is 0.500. The lowest BCUT2D eigenvalue weighted by Crippen LogP contribution is -2.52. The molecule has 1 spiro atoms. The summed E-state index contributed by atoms with van der Waals surface area (Å²) in [7, 11) is 0. The molecule has 0 saturated carbocycles. The van der Waals surface area contributed by atoms with Crippen LogP contribution in [0.4, 0.5) is 0 Å². The summed E-state index contributed by atoms with van der Waals surface area (Å²) in [6.07, 6.45) is 13.8. The average molecular weight is 534 g/mol. The second-order valence-electron chi connectivity index (χ2n) is 11.6. The summed E-state index contributed by atoms with van der Waals surface area (Å²) in [6.45, 7) is 3.91. The van der Waals surface area contributed by atoms with Crippen LogP contribution in [-0.4, -0.2) is 65.2 Å². The lowest BCUT2D eigenvalue weighted by molar-refractivity contribution is -0.136. The first kappa shape index (κ1) is 24.2. The highest BCUT2D eigenvalue weighted by Crippen LogP contribution is 2.50. The molecule has 2 saturated heterocycles. The van der Waals surface area contributed by atoms with E-state index in [1.807, 2.05) is 6.07 Å². The monoisotopic (exact) mass is 533 g/mol. The van der Waals surface area contributed by atoms with Gasteiger partial charge in [-0.3, -0.25) is 24.6 Å². The summed E-state index contributed by atoms with van der Waals surface area (Å²) < 4.78 is 6.33. The van der Waals surface area contributed by atoms with Crippen LogP contribution >= 0.6 is 11.6 Å². The minimum absolute atomic E-state index is 0.0410. The molecule has 4 aliphatic heterocycles. The number of piperidine rings is 2. The van der Waals surface area contributed by atoms with Gasteiger partial charge in [-0.1, -0.05) is 30.4 Å². The van der Waals surface area contributed by atoms with Crippen molar-refractivity contribution in [2.75, 3.05) is 26.2 Å². The third kappa shape index (κ3) is 3.77. The Labute approximate surface area is 227 Å². The van der Waals surface area contributed by atoms with Crippen molar-refractivity contribution >= 4 is 29.3 Å². The maximum Gasteiger partial charge on any atom is 0.255 e. The smallest absolute Gasteiger partial charge is 0.255 e. The number of allylic oxidation sites excluding steroid dienone is 4. The van der Waals surface area contributed by atoms with E-state index in [0.717, 1.165) is 56.6 Å². The highest BCUT2D eigenvalue weighted by atomic mass is 35.5. The second-order valence-corrected chi connectivity index (χ2v) is 12.1. The van der Waals surface area contributed by atoms with Crippen LogP contribution in [0, 0.1) is 5.92 Å². The van der Waals surface area contributed by atoms with Crippen molar-refractivity contribution in [3.8, 4) is 5.75 Å². The van der Waals surface area contributed by atoms with Gasteiger partial charge in [0.05, 0.1) is 18.5 Å². The molecule has 6 aliphatic rings. The topological polar surface area (TPSA) is 79.0 Å². The van der Waals surface area contributed by atoms with Gasteiger partial charge in [-0.2, -0.15) is 0 Å². The number of halogens is 1. The summed E-state index contributed by atoms with van der Waals surface area (Å²) in [5.41, 5.74) is 5.48. The van der Waals surface area contributed by atoms with Gasteiger partial charge in [0.1, 0.15) is 11.8 Å². The summed E-state index contributed by atoms with van der Waals surface area (Å²) in [5.74, 6) is 0.452. The molecule has 2 aliphatic carbocycles. The highest BCUT2D eigenvalue weighted by Gasteiger charge is 2.47. The Balaban J connectivity index is 1.07. The van der Waals surface area contributed by atoms with Crippen molar-refractivity contribution < 1.29 is 19.1 Å². The van der Waals surface area contributed by atoms with Crippen LogP contribution in [0.15, 0.2) is 47.6 Å². The number of carbonyl (C=O) groups is 3. The molecule has 8 heteroatoms. The van der Waals surface area contributed by atoms with E-state index in [9.17, 15) is 14.4 Å². The van der Waals surface area contributed by atoms with Gasteiger partial charge in [0.25, 0.3) is 5.91 Å². The number of imide groups is 1. The molecule has 0 aromatic heterocycles. The number of carbonyl (C=O) groups excluding carboxylic acids is 3. The van der Waals surface area contributed by atoms with E-state index in [1.54, 1.807) is 4.90 Å². The Morgan fingerprint density at radius 2 is 1.95 bits per heavy atom. The zero-order valence-electron chi connectivity index (χ0n) is 21.4. The minimum atomic E-state index is -0.612. The zero-order chi connectivity index (χ0) is 26.0. The lowest BCUT2D eigenvalue weighted by Gasteiger charge is -2.39. The van der Waals surface area contributed by atoms with Gasteiger partial charge >= 0.3 is 0 Å². The second kappa shape index (κ2) is 9.09. The van der Waals surface area contributed by atoms with Crippen LogP contribution in [-0.2, 0) is 21.5 Å². The van der Waals surface area contributed by atoms with Gasteiger partial charge < -0.3 is 9.64 Å². The first-order valence-electron chi connectivity index (χ1n) is 13.8. The Hall–Kier alpha value is -2.90. The van der Waals surface area contributed by atoms with Crippen molar-refractivity contribution in [2.45, 2.75) is 61.9 Å². The lowest BCUT2D eigenvalue weighted by atomic mass is 9.73. The summed E-state index contributed by atoms with van der Waals surface area (Å²) in [5, 5.41) is 2.47. The third-order valence-electron chi connectivity index (χ3n) is 9.52. The minimum Gasteiger partial charge on any atom is -0.492 e.